The van der Waals surface area contributed by atoms with E-state index in [4.69, 9.17) is 0 Å². The molecule has 1 heterocycles. The van der Waals surface area contributed by atoms with Crippen LogP contribution in [0.15, 0.2) is 169 Å². The van der Waals surface area contributed by atoms with Gasteiger partial charge in [-0.2, -0.15) is 0 Å². The van der Waals surface area contributed by atoms with Crippen molar-refractivity contribution >= 4 is 34.6 Å². The number of rotatable bonds is 4. The molecule has 1 unspecified atom stereocenters. The minimum absolute atomic E-state index is 0.329. The normalized spacial score (nSPS) is 16.4. The van der Waals surface area contributed by atoms with E-state index in [1.54, 1.807) is 0 Å². The summed E-state index contributed by atoms with van der Waals surface area (Å²) in [5.41, 5.74) is 16.2. The molecule has 1 heteroatoms. The van der Waals surface area contributed by atoms with Gasteiger partial charge in [0, 0.05) is 17.3 Å². The summed E-state index contributed by atoms with van der Waals surface area (Å²) < 4.78 is 2.43. The second-order valence-corrected chi connectivity index (χ2v) is 13.0. The van der Waals surface area contributed by atoms with Gasteiger partial charge in [-0.05, 0) is 104 Å². The molecule has 0 amide bonds. The molecule has 0 spiro atoms. The van der Waals surface area contributed by atoms with Gasteiger partial charge in [-0.15, -0.1) is 0 Å². The second-order valence-electron chi connectivity index (χ2n) is 13.0. The molecule has 9 rings (SSSR count). The van der Waals surface area contributed by atoms with Crippen molar-refractivity contribution in [2.75, 3.05) is 0 Å². The molecule has 1 atom stereocenters. The Morgan fingerprint density at radius 3 is 2.23 bits per heavy atom. The Balaban J connectivity index is 1.10. The molecule has 0 N–H and O–H groups in total. The molecule has 5 aromatic carbocycles. The van der Waals surface area contributed by atoms with E-state index in [2.05, 4.69) is 181 Å². The first-order valence-corrected chi connectivity index (χ1v) is 16.8. The van der Waals surface area contributed by atoms with E-state index < -0.39 is 0 Å². The largest absolute Gasteiger partial charge is 0.310 e. The molecule has 3 aliphatic rings. The highest BCUT2D eigenvalue weighted by atomic mass is 15.0. The van der Waals surface area contributed by atoms with E-state index in [1.165, 1.54) is 61.1 Å². The zero-order valence-corrected chi connectivity index (χ0v) is 26.8. The highest BCUT2D eigenvalue weighted by molar-refractivity contribution is 5.88. The van der Waals surface area contributed by atoms with Crippen molar-refractivity contribution in [1.82, 2.24) is 4.57 Å². The van der Waals surface area contributed by atoms with Gasteiger partial charge in [0.1, 0.15) is 0 Å². The zero-order valence-electron chi connectivity index (χ0n) is 26.8. The van der Waals surface area contributed by atoms with E-state index in [1.807, 2.05) is 0 Å². The molecule has 0 saturated carbocycles. The molecular weight excluding hydrogens is 579 g/mol. The van der Waals surface area contributed by atoms with Gasteiger partial charge in [-0.25, -0.2) is 0 Å². The van der Waals surface area contributed by atoms with Gasteiger partial charge >= 0.3 is 0 Å². The number of hydrogen-bond acceptors (Lipinski definition) is 0. The van der Waals surface area contributed by atoms with Gasteiger partial charge in [-0.1, -0.05) is 152 Å². The molecule has 0 aliphatic heterocycles. The maximum absolute atomic E-state index is 4.50. The smallest absolute Gasteiger partial charge is 0.0537 e. The van der Waals surface area contributed by atoms with Crippen LogP contribution < -0.4 is 0 Å². The van der Waals surface area contributed by atoms with Crippen molar-refractivity contribution in [2.24, 2.45) is 0 Å². The summed E-state index contributed by atoms with van der Waals surface area (Å²) >= 11 is 0. The molecule has 0 radical (unpaired) electrons. The first-order valence-electron chi connectivity index (χ1n) is 16.8. The third kappa shape index (κ3) is 4.96. The van der Waals surface area contributed by atoms with Gasteiger partial charge in [0.2, 0.25) is 0 Å². The Kier molecular flexibility index (Phi) is 6.91. The predicted octanol–water partition coefficient (Wildman–Crippen LogP) is 11.8. The summed E-state index contributed by atoms with van der Waals surface area (Å²) in [6.07, 6.45) is 20.0. The molecule has 1 aromatic heterocycles. The summed E-state index contributed by atoms with van der Waals surface area (Å²) in [7, 11) is 0. The number of hydrogen-bond donors (Lipinski definition) is 0. The molecule has 228 valence electrons. The number of allylic oxidation sites excluding steroid dienone is 8. The van der Waals surface area contributed by atoms with E-state index in [0.29, 0.717) is 5.92 Å². The second kappa shape index (κ2) is 11.7. The maximum atomic E-state index is 4.50. The number of aromatic nitrogens is 1. The molecule has 0 saturated heterocycles. The summed E-state index contributed by atoms with van der Waals surface area (Å²) in [6.45, 7) is 4.50. The average Bonchev–Trinajstić information content (AvgIpc) is 3.53. The highest BCUT2D eigenvalue weighted by Gasteiger charge is 2.24. The van der Waals surface area contributed by atoms with Gasteiger partial charge in [0.05, 0.1) is 5.69 Å². The fraction of sp³-hybridized carbons (Fsp3) is 0.0638. The van der Waals surface area contributed by atoms with Crippen molar-refractivity contribution in [3.05, 3.63) is 209 Å². The van der Waals surface area contributed by atoms with Crippen LogP contribution in [-0.4, -0.2) is 4.57 Å². The van der Waals surface area contributed by atoms with E-state index in [0.717, 1.165) is 35.2 Å². The Morgan fingerprint density at radius 1 is 0.625 bits per heavy atom. The molecule has 3 aliphatic carbocycles. The summed E-state index contributed by atoms with van der Waals surface area (Å²) in [6, 6.07) is 44.2. The molecule has 1 nitrogen and oxygen atoms in total. The van der Waals surface area contributed by atoms with Crippen LogP contribution in [0.5, 0.6) is 0 Å². The zero-order chi connectivity index (χ0) is 32.0. The van der Waals surface area contributed by atoms with Crippen molar-refractivity contribution in [2.45, 2.75) is 18.8 Å². The van der Waals surface area contributed by atoms with E-state index >= 15 is 0 Å². The van der Waals surface area contributed by atoms with Crippen LogP contribution in [0.3, 0.4) is 0 Å². The first-order chi connectivity index (χ1) is 23.7. The lowest BCUT2D eigenvalue weighted by molar-refractivity contribution is 0.828. The van der Waals surface area contributed by atoms with Crippen LogP contribution in [0.4, 0.5) is 0 Å². The Morgan fingerprint density at radius 2 is 1.38 bits per heavy atom. The van der Waals surface area contributed by atoms with Gasteiger partial charge in [0.25, 0.3) is 0 Å². The third-order valence-corrected chi connectivity index (χ3v) is 10.2. The molecule has 6 aromatic rings. The Hall–Kier alpha value is -5.92. The predicted molar refractivity (Wildman–Crippen MR) is 204 cm³/mol. The first kappa shape index (κ1) is 28.3. The standard InChI is InChI=1S/C47H35N/c1-32-17-20-35-12-7-13-36-21-18-33(29-45(35)36)19-27-42(32)37-22-25-41(26-23-37)48-46-28-24-39(44-16-8-14-34-9-5-6-15-43(34)44)30-40(46)31-47(48)38-10-3-2-4-11-38/h2-28,31,39H,1,29-30H2. The van der Waals surface area contributed by atoms with Gasteiger partial charge in [-0.3, -0.25) is 0 Å². The minimum Gasteiger partial charge on any atom is -0.310 e. The number of fused-ring (bicyclic) bond motifs is 3. The average molecular weight is 614 g/mol. The van der Waals surface area contributed by atoms with Crippen LogP contribution in [0.25, 0.3) is 51.5 Å². The molecule has 0 fully saturated rings. The Bertz CT molecular complexity index is 2380. The van der Waals surface area contributed by atoms with Gasteiger partial charge in [0.15, 0.2) is 0 Å². The van der Waals surface area contributed by atoms with Crippen molar-refractivity contribution < 1.29 is 0 Å². The third-order valence-electron chi connectivity index (χ3n) is 10.2. The summed E-state index contributed by atoms with van der Waals surface area (Å²) in [5.74, 6) is 0.329. The number of nitrogens with zero attached hydrogens (tertiary/aromatic N) is 1. The van der Waals surface area contributed by atoms with Crippen LogP contribution >= 0.6 is 0 Å². The monoisotopic (exact) mass is 613 g/mol. The van der Waals surface area contributed by atoms with Crippen LogP contribution in [0.1, 0.15) is 45.0 Å². The van der Waals surface area contributed by atoms with Crippen molar-refractivity contribution in [3.63, 3.8) is 0 Å². The fourth-order valence-electron chi connectivity index (χ4n) is 7.68. The molecule has 48 heavy (non-hydrogen) atoms. The lowest BCUT2D eigenvalue weighted by Crippen LogP contribution is -2.08. The van der Waals surface area contributed by atoms with Crippen LogP contribution in [0.2, 0.25) is 0 Å². The maximum Gasteiger partial charge on any atom is 0.0537 e. The van der Waals surface area contributed by atoms with Crippen molar-refractivity contribution in [1.29, 1.82) is 0 Å². The fourth-order valence-corrected chi connectivity index (χ4v) is 7.68. The topological polar surface area (TPSA) is 4.93 Å². The highest BCUT2D eigenvalue weighted by Crippen LogP contribution is 2.39. The van der Waals surface area contributed by atoms with Crippen molar-refractivity contribution in [3.8, 4) is 16.9 Å². The Labute approximate surface area is 282 Å². The SMILES string of the molecule is C=C1C=Cc2cccc3c2CC(=CC=C1c1ccc(-n2c(-c4ccccc4)cc4c2C=CC(c2cccc5ccccc25)C4)cc1)C=C3. The lowest BCUT2D eigenvalue weighted by Gasteiger charge is -2.21. The van der Waals surface area contributed by atoms with E-state index in [-0.39, 0.29) is 0 Å². The molecule has 2 bridgehead atoms. The minimum atomic E-state index is 0.329. The molecular formula is C47H35N. The quantitative estimate of drug-likeness (QED) is 0.186. The summed E-state index contributed by atoms with van der Waals surface area (Å²) in [4.78, 5) is 0. The summed E-state index contributed by atoms with van der Waals surface area (Å²) in [5, 5.41) is 2.64. The van der Waals surface area contributed by atoms with Crippen LogP contribution in [0, 0.1) is 0 Å². The van der Waals surface area contributed by atoms with E-state index in [9.17, 15) is 0 Å². The lowest BCUT2D eigenvalue weighted by atomic mass is 9.85. The van der Waals surface area contributed by atoms with Gasteiger partial charge < -0.3 is 4.57 Å². The number of benzene rings is 5. The van der Waals surface area contributed by atoms with Crippen LogP contribution in [-0.2, 0) is 12.8 Å².